The van der Waals surface area contributed by atoms with Gasteiger partial charge in [-0.3, -0.25) is 0 Å². The molecule has 3 heteroatoms. The predicted octanol–water partition coefficient (Wildman–Crippen LogP) is 3.23. The van der Waals surface area contributed by atoms with E-state index in [0.29, 0.717) is 6.61 Å². The number of para-hydroxylation sites is 1. The highest BCUT2D eigenvalue weighted by molar-refractivity contribution is 5.51. The lowest BCUT2D eigenvalue weighted by Crippen LogP contribution is -2.35. The third kappa shape index (κ3) is 3.97. The molecule has 1 aliphatic carbocycles. The molecule has 0 radical (unpaired) electrons. The van der Waals surface area contributed by atoms with Crippen LogP contribution in [0.5, 0.6) is 0 Å². The highest BCUT2D eigenvalue weighted by Crippen LogP contribution is 2.36. The average Bonchev–Trinajstić information content (AvgIpc) is 2.52. The lowest BCUT2D eigenvalue weighted by atomic mass is 9.74. The monoisotopic (exact) mass is 277 g/mol. The number of methoxy groups -OCH3 is 1. The van der Waals surface area contributed by atoms with Crippen molar-refractivity contribution in [3.8, 4) is 0 Å². The molecule has 0 atom stereocenters. The maximum absolute atomic E-state index is 9.77. The van der Waals surface area contributed by atoms with E-state index in [2.05, 4.69) is 29.6 Å². The molecule has 0 bridgehead atoms. The van der Waals surface area contributed by atoms with E-state index >= 15 is 0 Å². The summed E-state index contributed by atoms with van der Waals surface area (Å²) in [5, 5.41) is 13.3. The summed E-state index contributed by atoms with van der Waals surface area (Å²) in [6.07, 6.45) is 6.99. The smallest absolute Gasteiger partial charge is 0.0504 e. The van der Waals surface area contributed by atoms with Crippen molar-refractivity contribution in [3.05, 3.63) is 29.8 Å². The lowest BCUT2D eigenvalue weighted by Gasteiger charge is -2.36. The van der Waals surface area contributed by atoms with Crippen molar-refractivity contribution < 1.29 is 9.84 Å². The van der Waals surface area contributed by atoms with Crippen LogP contribution in [0, 0.1) is 5.41 Å². The number of aliphatic hydroxyl groups is 1. The van der Waals surface area contributed by atoms with Crippen LogP contribution in [0.15, 0.2) is 24.3 Å². The molecule has 0 saturated heterocycles. The molecule has 0 unspecified atom stereocenters. The Balaban J connectivity index is 1.98. The maximum Gasteiger partial charge on any atom is 0.0504 e. The Morgan fingerprint density at radius 3 is 2.65 bits per heavy atom. The van der Waals surface area contributed by atoms with Gasteiger partial charge in [0.1, 0.15) is 0 Å². The summed E-state index contributed by atoms with van der Waals surface area (Å²) in [7, 11) is 1.73. The topological polar surface area (TPSA) is 41.5 Å². The van der Waals surface area contributed by atoms with Crippen molar-refractivity contribution in [2.45, 2.75) is 38.5 Å². The highest BCUT2D eigenvalue weighted by atomic mass is 16.5. The molecular weight excluding hydrogens is 250 g/mol. The summed E-state index contributed by atoms with van der Waals surface area (Å²) in [5.74, 6) is 0. The molecule has 1 aromatic carbocycles. The molecule has 0 spiro atoms. The van der Waals surface area contributed by atoms with Crippen LogP contribution in [0.4, 0.5) is 5.69 Å². The number of benzene rings is 1. The summed E-state index contributed by atoms with van der Waals surface area (Å²) in [4.78, 5) is 0. The van der Waals surface area contributed by atoms with Crippen molar-refractivity contribution in [3.63, 3.8) is 0 Å². The third-order valence-electron chi connectivity index (χ3n) is 4.50. The van der Waals surface area contributed by atoms with Crippen molar-refractivity contribution in [1.29, 1.82) is 0 Å². The van der Waals surface area contributed by atoms with Crippen LogP contribution in [-0.4, -0.2) is 32.0 Å². The summed E-state index contributed by atoms with van der Waals surface area (Å²) >= 11 is 0. The fourth-order valence-corrected chi connectivity index (χ4v) is 3.10. The van der Waals surface area contributed by atoms with E-state index in [1.165, 1.54) is 30.5 Å². The van der Waals surface area contributed by atoms with Crippen LogP contribution in [0.25, 0.3) is 0 Å². The molecule has 1 aliphatic rings. The second-order valence-electron chi connectivity index (χ2n) is 5.97. The second-order valence-corrected chi connectivity index (χ2v) is 5.97. The average molecular weight is 277 g/mol. The minimum absolute atomic E-state index is 0.0760. The molecule has 0 aromatic heterocycles. The Morgan fingerprint density at radius 2 is 1.95 bits per heavy atom. The van der Waals surface area contributed by atoms with Crippen LogP contribution in [0.2, 0.25) is 0 Å². The Morgan fingerprint density at radius 1 is 1.20 bits per heavy atom. The zero-order valence-corrected chi connectivity index (χ0v) is 12.5. The number of hydrogen-bond donors (Lipinski definition) is 2. The van der Waals surface area contributed by atoms with Gasteiger partial charge in [-0.2, -0.15) is 0 Å². The van der Waals surface area contributed by atoms with E-state index in [-0.39, 0.29) is 5.41 Å². The summed E-state index contributed by atoms with van der Waals surface area (Å²) in [6, 6.07) is 8.40. The largest absolute Gasteiger partial charge is 0.396 e. The molecule has 2 N–H and O–H groups in total. The van der Waals surface area contributed by atoms with E-state index in [9.17, 15) is 5.11 Å². The van der Waals surface area contributed by atoms with Crippen LogP contribution in [0.3, 0.4) is 0 Å². The van der Waals surface area contributed by atoms with E-state index < -0.39 is 0 Å². The molecule has 0 aliphatic heterocycles. The van der Waals surface area contributed by atoms with Gasteiger partial charge in [0.05, 0.1) is 13.2 Å². The maximum atomic E-state index is 9.77. The van der Waals surface area contributed by atoms with Crippen molar-refractivity contribution in [1.82, 2.24) is 0 Å². The Hall–Kier alpha value is -1.06. The standard InChI is InChI=1S/C17H27NO2/c1-20-12-9-15-7-3-4-8-16(15)18-13-17(14-19)10-5-2-6-11-17/h3-4,7-8,18-19H,2,5-6,9-14H2,1H3. The minimum atomic E-state index is 0.0760. The minimum Gasteiger partial charge on any atom is -0.396 e. The first-order valence-electron chi connectivity index (χ1n) is 7.71. The Bertz CT molecular complexity index is 400. The van der Waals surface area contributed by atoms with E-state index in [1.807, 2.05) is 0 Å². The first kappa shape index (κ1) is 15.3. The first-order valence-corrected chi connectivity index (χ1v) is 7.71. The van der Waals surface area contributed by atoms with Crippen LogP contribution in [-0.2, 0) is 11.2 Å². The number of aliphatic hydroxyl groups excluding tert-OH is 1. The molecular formula is C17H27NO2. The number of hydrogen-bond acceptors (Lipinski definition) is 3. The van der Waals surface area contributed by atoms with Crippen molar-refractivity contribution >= 4 is 5.69 Å². The van der Waals surface area contributed by atoms with Crippen molar-refractivity contribution in [2.75, 3.05) is 32.2 Å². The summed E-state index contributed by atoms with van der Waals surface area (Å²) in [6.45, 7) is 1.90. The van der Waals surface area contributed by atoms with Gasteiger partial charge in [0, 0.05) is 24.8 Å². The van der Waals surface area contributed by atoms with Gasteiger partial charge in [-0.15, -0.1) is 0 Å². The lowest BCUT2D eigenvalue weighted by molar-refractivity contribution is 0.0944. The fraction of sp³-hybridized carbons (Fsp3) is 0.647. The molecule has 0 heterocycles. The van der Waals surface area contributed by atoms with Gasteiger partial charge in [0.25, 0.3) is 0 Å². The molecule has 20 heavy (non-hydrogen) atoms. The highest BCUT2D eigenvalue weighted by Gasteiger charge is 2.31. The van der Waals surface area contributed by atoms with Gasteiger partial charge < -0.3 is 15.2 Å². The normalized spacial score (nSPS) is 17.9. The molecule has 0 amide bonds. The summed E-state index contributed by atoms with van der Waals surface area (Å²) in [5.41, 5.74) is 2.55. The van der Waals surface area contributed by atoms with E-state index in [0.717, 1.165) is 32.4 Å². The van der Waals surface area contributed by atoms with Gasteiger partial charge in [0.2, 0.25) is 0 Å². The SMILES string of the molecule is COCCc1ccccc1NCC1(CO)CCCCC1. The zero-order chi connectivity index (χ0) is 14.3. The van der Waals surface area contributed by atoms with E-state index in [1.54, 1.807) is 7.11 Å². The Kier molecular flexibility index (Phi) is 5.86. The molecule has 1 saturated carbocycles. The first-order chi connectivity index (χ1) is 9.79. The van der Waals surface area contributed by atoms with Crippen LogP contribution in [0.1, 0.15) is 37.7 Å². The molecule has 1 aromatic rings. The fourth-order valence-electron chi connectivity index (χ4n) is 3.10. The van der Waals surface area contributed by atoms with Crippen molar-refractivity contribution in [2.24, 2.45) is 5.41 Å². The summed E-state index contributed by atoms with van der Waals surface area (Å²) < 4.78 is 5.17. The van der Waals surface area contributed by atoms with Crippen LogP contribution < -0.4 is 5.32 Å². The van der Waals surface area contributed by atoms with Gasteiger partial charge in [0.15, 0.2) is 0 Å². The zero-order valence-electron chi connectivity index (χ0n) is 12.5. The molecule has 1 fully saturated rings. The van der Waals surface area contributed by atoms with E-state index in [4.69, 9.17) is 4.74 Å². The molecule has 112 valence electrons. The van der Waals surface area contributed by atoms with Gasteiger partial charge in [-0.1, -0.05) is 37.5 Å². The van der Waals surface area contributed by atoms with Gasteiger partial charge >= 0.3 is 0 Å². The molecule has 2 rings (SSSR count). The van der Waals surface area contributed by atoms with Gasteiger partial charge in [-0.25, -0.2) is 0 Å². The number of nitrogens with one attached hydrogen (secondary N) is 1. The predicted molar refractivity (Wildman–Crippen MR) is 83.1 cm³/mol. The number of rotatable bonds is 7. The second kappa shape index (κ2) is 7.65. The third-order valence-corrected chi connectivity index (χ3v) is 4.50. The number of ether oxygens (including phenoxy) is 1. The molecule has 3 nitrogen and oxygen atoms in total. The number of anilines is 1. The Labute approximate surface area is 122 Å². The van der Waals surface area contributed by atoms with Crippen LogP contribution >= 0.6 is 0 Å². The van der Waals surface area contributed by atoms with Gasteiger partial charge in [-0.05, 0) is 30.9 Å². The quantitative estimate of drug-likeness (QED) is 0.804.